The van der Waals surface area contributed by atoms with Gasteiger partial charge in [-0.1, -0.05) is 6.92 Å². The van der Waals surface area contributed by atoms with Gasteiger partial charge in [-0.25, -0.2) is 13.6 Å². The van der Waals surface area contributed by atoms with Crippen molar-refractivity contribution < 1.29 is 13.2 Å². The van der Waals surface area contributed by atoms with Crippen LogP contribution in [0.3, 0.4) is 0 Å². The smallest absolute Gasteiger partial charge is 0.238 e. The number of hydrogen-bond donors (Lipinski definition) is 2. The molecule has 1 saturated heterocycles. The van der Waals surface area contributed by atoms with Crippen molar-refractivity contribution in [2.24, 2.45) is 5.14 Å². The number of nitrogen functional groups attached to an aromatic ring is 1. The number of morpholine rings is 1. The molecule has 2 atom stereocenters. The largest absolute Gasteiger partial charge is 0.399 e. The molecule has 0 aliphatic carbocycles. The molecule has 0 saturated carbocycles. The van der Waals surface area contributed by atoms with Crippen LogP contribution < -0.4 is 15.8 Å². The lowest BCUT2D eigenvalue weighted by atomic mass is 10.1. The SMILES string of the molecule is CCC1COC(C)CN1c1cc(N)cc(S(N)(=O)=O)c1. The molecule has 1 aromatic rings. The van der Waals surface area contributed by atoms with E-state index in [1.165, 1.54) is 6.07 Å². The third-order valence-electron chi connectivity index (χ3n) is 3.51. The molecule has 0 aromatic heterocycles. The van der Waals surface area contributed by atoms with Gasteiger partial charge in [-0.15, -0.1) is 0 Å². The minimum absolute atomic E-state index is 0.0431. The normalized spacial score (nSPS) is 23.9. The maximum absolute atomic E-state index is 11.5. The molecular weight excluding hydrogens is 278 g/mol. The van der Waals surface area contributed by atoms with E-state index in [4.69, 9.17) is 15.6 Å². The molecule has 0 radical (unpaired) electrons. The molecule has 1 aliphatic heterocycles. The van der Waals surface area contributed by atoms with Crippen molar-refractivity contribution in [3.63, 3.8) is 0 Å². The van der Waals surface area contributed by atoms with Gasteiger partial charge in [-0.2, -0.15) is 0 Å². The predicted molar refractivity (Wildman–Crippen MR) is 79.1 cm³/mol. The molecule has 1 aromatic carbocycles. The maximum atomic E-state index is 11.5. The summed E-state index contributed by atoms with van der Waals surface area (Å²) in [4.78, 5) is 2.18. The summed E-state index contributed by atoms with van der Waals surface area (Å²) in [5.74, 6) is 0. The van der Waals surface area contributed by atoms with E-state index < -0.39 is 10.0 Å². The van der Waals surface area contributed by atoms with Crippen molar-refractivity contribution in [2.75, 3.05) is 23.8 Å². The molecule has 2 rings (SSSR count). The number of sulfonamides is 1. The second kappa shape index (κ2) is 5.59. The van der Waals surface area contributed by atoms with E-state index in [-0.39, 0.29) is 17.0 Å². The van der Waals surface area contributed by atoms with E-state index in [2.05, 4.69) is 11.8 Å². The summed E-state index contributed by atoms with van der Waals surface area (Å²) < 4.78 is 28.7. The van der Waals surface area contributed by atoms with Crippen LogP contribution in [-0.2, 0) is 14.8 Å². The molecule has 1 aliphatic rings. The molecule has 0 bridgehead atoms. The molecule has 1 fully saturated rings. The predicted octanol–water partition coefficient (Wildman–Crippen LogP) is 0.920. The van der Waals surface area contributed by atoms with E-state index in [1.54, 1.807) is 12.1 Å². The Bertz CT molecular complexity index is 589. The summed E-state index contributed by atoms with van der Waals surface area (Å²) >= 11 is 0. The first-order valence-electron chi connectivity index (χ1n) is 6.63. The van der Waals surface area contributed by atoms with Crippen LogP contribution in [0.4, 0.5) is 11.4 Å². The Morgan fingerprint density at radius 1 is 1.40 bits per heavy atom. The van der Waals surface area contributed by atoms with Gasteiger partial charge < -0.3 is 15.4 Å². The quantitative estimate of drug-likeness (QED) is 0.809. The van der Waals surface area contributed by atoms with Crippen molar-refractivity contribution in [1.29, 1.82) is 0 Å². The zero-order chi connectivity index (χ0) is 14.9. The van der Waals surface area contributed by atoms with Crippen LogP contribution >= 0.6 is 0 Å². The second-order valence-electron chi connectivity index (χ2n) is 5.16. The first-order chi connectivity index (χ1) is 9.31. The third kappa shape index (κ3) is 3.23. The van der Waals surface area contributed by atoms with E-state index >= 15 is 0 Å². The lowest BCUT2D eigenvalue weighted by Gasteiger charge is -2.40. The summed E-state index contributed by atoms with van der Waals surface area (Å²) in [6, 6.07) is 4.94. The first kappa shape index (κ1) is 15.1. The van der Waals surface area contributed by atoms with Crippen LogP contribution in [0.5, 0.6) is 0 Å². The van der Waals surface area contributed by atoms with Gasteiger partial charge >= 0.3 is 0 Å². The standard InChI is InChI=1S/C13H21N3O3S/c1-3-11-8-19-9(2)7-16(11)12-4-10(14)5-13(6-12)20(15,17)18/h4-6,9,11H,3,7-8,14H2,1-2H3,(H2,15,17,18). The fourth-order valence-electron chi connectivity index (χ4n) is 2.43. The molecule has 1 heterocycles. The van der Waals surface area contributed by atoms with Gasteiger partial charge in [0.15, 0.2) is 0 Å². The number of hydrogen-bond acceptors (Lipinski definition) is 5. The monoisotopic (exact) mass is 299 g/mol. The summed E-state index contributed by atoms with van der Waals surface area (Å²) in [5, 5.41) is 5.19. The van der Waals surface area contributed by atoms with Crippen LogP contribution in [0, 0.1) is 0 Å². The number of primary sulfonamides is 1. The molecule has 112 valence electrons. The second-order valence-corrected chi connectivity index (χ2v) is 6.73. The van der Waals surface area contributed by atoms with Crippen LogP contribution in [0.25, 0.3) is 0 Å². The molecule has 0 spiro atoms. The molecule has 2 unspecified atom stereocenters. The number of anilines is 2. The van der Waals surface area contributed by atoms with E-state index in [1.807, 2.05) is 6.92 Å². The van der Waals surface area contributed by atoms with Gasteiger partial charge in [0, 0.05) is 17.9 Å². The first-order valence-corrected chi connectivity index (χ1v) is 8.17. The topological polar surface area (TPSA) is 98.7 Å². The van der Waals surface area contributed by atoms with Crippen LogP contribution in [-0.4, -0.2) is 33.7 Å². The van der Waals surface area contributed by atoms with Gasteiger partial charge in [0.2, 0.25) is 10.0 Å². The Morgan fingerprint density at radius 2 is 2.10 bits per heavy atom. The molecular formula is C13H21N3O3S. The fraction of sp³-hybridized carbons (Fsp3) is 0.538. The Hall–Kier alpha value is -1.31. The van der Waals surface area contributed by atoms with Crippen molar-refractivity contribution >= 4 is 21.4 Å². The van der Waals surface area contributed by atoms with Crippen molar-refractivity contribution in [3.05, 3.63) is 18.2 Å². The van der Waals surface area contributed by atoms with Gasteiger partial charge in [0.05, 0.1) is 23.6 Å². The van der Waals surface area contributed by atoms with Crippen molar-refractivity contribution in [3.8, 4) is 0 Å². The highest BCUT2D eigenvalue weighted by Crippen LogP contribution is 2.28. The van der Waals surface area contributed by atoms with Crippen LogP contribution in [0.15, 0.2) is 23.1 Å². The Morgan fingerprint density at radius 3 is 2.70 bits per heavy atom. The molecule has 6 nitrogen and oxygen atoms in total. The Labute approximate surface area is 119 Å². The van der Waals surface area contributed by atoms with Crippen molar-refractivity contribution in [1.82, 2.24) is 0 Å². The highest BCUT2D eigenvalue weighted by Gasteiger charge is 2.26. The lowest BCUT2D eigenvalue weighted by Crippen LogP contribution is -2.48. The molecule has 4 N–H and O–H groups in total. The van der Waals surface area contributed by atoms with Crippen LogP contribution in [0.1, 0.15) is 20.3 Å². The average Bonchev–Trinajstić information content (AvgIpc) is 2.37. The molecule has 20 heavy (non-hydrogen) atoms. The Balaban J connectivity index is 2.42. The number of nitrogens with two attached hydrogens (primary N) is 2. The summed E-state index contributed by atoms with van der Waals surface area (Å²) in [7, 11) is -3.76. The van der Waals surface area contributed by atoms with E-state index in [0.29, 0.717) is 18.8 Å². The minimum Gasteiger partial charge on any atom is -0.399 e. The highest BCUT2D eigenvalue weighted by molar-refractivity contribution is 7.89. The average molecular weight is 299 g/mol. The highest BCUT2D eigenvalue weighted by atomic mass is 32.2. The summed E-state index contributed by atoms with van der Waals surface area (Å²) in [6.07, 6.45) is 1.00. The van der Waals surface area contributed by atoms with Gasteiger partial charge in [-0.3, -0.25) is 0 Å². The Kier molecular flexibility index (Phi) is 4.22. The third-order valence-corrected chi connectivity index (χ3v) is 4.41. The number of ether oxygens (including phenoxy) is 1. The minimum atomic E-state index is -3.76. The summed E-state index contributed by atoms with van der Waals surface area (Å²) in [6.45, 7) is 5.39. The van der Waals surface area contributed by atoms with E-state index in [0.717, 1.165) is 12.1 Å². The molecule has 0 amide bonds. The number of rotatable bonds is 3. The van der Waals surface area contributed by atoms with Gasteiger partial charge in [-0.05, 0) is 31.5 Å². The van der Waals surface area contributed by atoms with E-state index in [9.17, 15) is 8.42 Å². The van der Waals surface area contributed by atoms with Gasteiger partial charge in [0.1, 0.15) is 0 Å². The van der Waals surface area contributed by atoms with Crippen molar-refractivity contribution in [2.45, 2.75) is 37.3 Å². The number of benzene rings is 1. The lowest BCUT2D eigenvalue weighted by molar-refractivity contribution is 0.0299. The zero-order valence-electron chi connectivity index (χ0n) is 11.7. The fourth-order valence-corrected chi connectivity index (χ4v) is 3.02. The van der Waals surface area contributed by atoms with Gasteiger partial charge in [0.25, 0.3) is 0 Å². The maximum Gasteiger partial charge on any atom is 0.238 e. The molecule has 7 heteroatoms. The zero-order valence-corrected chi connectivity index (χ0v) is 12.6. The summed E-state index contributed by atoms with van der Waals surface area (Å²) in [5.41, 5.74) is 6.97. The van der Waals surface area contributed by atoms with Crippen LogP contribution in [0.2, 0.25) is 0 Å². The number of nitrogens with zero attached hydrogens (tertiary/aromatic N) is 1.